The normalized spacial score (nSPS) is 18.7. The van der Waals surface area contributed by atoms with Gasteiger partial charge in [0.1, 0.15) is 11.5 Å². The van der Waals surface area contributed by atoms with E-state index < -0.39 is 5.97 Å². The molecule has 1 fully saturated rings. The van der Waals surface area contributed by atoms with Crippen LogP contribution in [0.25, 0.3) is 0 Å². The Morgan fingerprint density at radius 2 is 1.70 bits per heavy atom. The number of likely N-dealkylation sites (tertiary alicyclic amines) is 1. The summed E-state index contributed by atoms with van der Waals surface area (Å²) in [5, 5.41) is 9.48. The number of hydrogen-bond acceptors (Lipinski definition) is 4. The van der Waals surface area contributed by atoms with E-state index in [2.05, 4.69) is 29.2 Å². The minimum atomic E-state index is -0.708. The molecule has 144 valence electrons. The van der Waals surface area contributed by atoms with Crippen molar-refractivity contribution in [2.75, 3.05) is 26.8 Å². The Morgan fingerprint density at radius 1 is 1.11 bits per heavy atom. The molecule has 1 N–H and O–H groups in total. The summed E-state index contributed by atoms with van der Waals surface area (Å²) in [5.74, 6) is 0.630. The van der Waals surface area contributed by atoms with E-state index in [9.17, 15) is 9.90 Å². The molecular weight excluding hydrogens is 342 g/mol. The SMILES string of the molecule is CCOc1ccc(C(c2ccc(OC)cc2)N2CCCC(C(=O)O)C2)cc1. The number of carboxylic acids is 1. The highest BCUT2D eigenvalue weighted by Crippen LogP contribution is 2.34. The zero-order chi connectivity index (χ0) is 19.2. The summed E-state index contributed by atoms with van der Waals surface area (Å²) < 4.78 is 10.8. The molecule has 3 rings (SSSR count). The maximum Gasteiger partial charge on any atom is 0.307 e. The standard InChI is InChI=1S/C22H27NO4/c1-3-27-20-12-8-17(9-13-20)21(16-6-10-19(26-2)11-7-16)23-14-4-5-18(15-23)22(24)25/h6-13,18,21H,3-5,14-15H2,1-2H3,(H,24,25). The molecule has 2 atom stereocenters. The number of ether oxygens (including phenoxy) is 2. The number of benzene rings is 2. The summed E-state index contributed by atoms with van der Waals surface area (Å²) in [5.41, 5.74) is 2.26. The van der Waals surface area contributed by atoms with Gasteiger partial charge in [-0.25, -0.2) is 0 Å². The second kappa shape index (κ2) is 8.91. The maximum absolute atomic E-state index is 11.5. The van der Waals surface area contributed by atoms with Crippen molar-refractivity contribution in [3.05, 3.63) is 59.7 Å². The fraction of sp³-hybridized carbons (Fsp3) is 0.409. The van der Waals surface area contributed by atoms with Crippen molar-refractivity contribution in [2.24, 2.45) is 5.92 Å². The lowest BCUT2D eigenvalue weighted by atomic mass is 9.91. The van der Waals surface area contributed by atoms with Crippen LogP contribution in [0.1, 0.15) is 36.9 Å². The van der Waals surface area contributed by atoms with Gasteiger partial charge in [0.25, 0.3) is 0 Å². The lowest BCUT2D eigenvalue weighted by molar-refractivity contribution is -0.143. The average Bonchev–Trinajstić information content (AvgIpc) is 2.70. The molecule has 0 saturated carbocycles. The van der Waals surface area contributed by atoms with E-state index in [1.165, 1.54) is 0 Å². The zero-order valence-corrected chi connectivity index (χ0v) is 15.9. The maximum atomic E-state index is 11.5. The molecule has 0 aromatic heterocycles. The minimum Gasteiger partial charge on any atom is -0.497 e. The Labute approximate surface area is 160 Å². The van der Waals surface area contributed by atoms with Crippen molar-refractivity contribution < 1.29 is 19.4 Å². The van der Waals surface area contributed by atoms with Gasteiger partial charge in [-0.05, 0) is 61.7 Å². The molecular formula is C22H27NO4. The van der Waals surface area contributed by atoms with E-state index in [0.717, 1.165) is 42.0 Å². The van der Waals surface area contributed by atoms with E-state index in [4.69, 9.17) is 9.47 Å². The van der Waals surface area contributed by atoms with Gasteiger partial charge in [-0.1, -0.05) is 24.3 Å². The Morgan fingerprint density at radius 3 is 2.22 bits per heavy atom. The van der Waals surface area contributed by atoms with Crippen molar-refractivity contribution in [2.45, 2.75) is 25.8 Å². The van der Waals surface area contributed by atoms with Crippen LogP contribution in [0.5, 0.6) is 11.5 Å². The first kappa shape index (κ1) is 19.2. The molecule has 2 aromatic rings. The lowest BCUT2D eigenvalue weighted by Crippen LogP contribution is -2.41. The second-order valence-corrected chi connectivity index (χ2v) is 6.85. The van der Waals surface area contributed by atoms with Gasteiger partial charge < -0.3 is 14.6 Å². The minimum absolute atomic E-state index is 0.00809. The van der Waals surface area contributed by atoms with Crippen molar-refractivity contribution in [1.82, 2.24) is 4.90 Å². The van der Waals surface area contributed by atoms with Crippen LogP contribution in [0.2, 0.25) is 0 Å². The van der Waals surface area contributed by atoms with Crippen LogP contribution in [-0.4, -0.2) is 42.8 Å². The largest absolute Gasteiger partial charge is 0.497 e. The van der Waals surface area contributed by atoms with Crippen LogP contribution in [0.15, 0.2) is 48.5 Å². The van der Waals surface area contributed by atoms with Crippen molar-refractivity contribution in [3.63, 3.8) is 0 Å². The number of aliphatic carboxylic acids is 1. The molecule has 0 radical (unpaired) electrons. The monoisotopic (exact) mass is 369 g/mol. The molecule has 1 aliphatic heterocycles. The molecule has 0 amide bonds. The average molecular weight is 369 g/mol. The van der Waals surface area contributed by atoms with Crippen LogP contribution in [0.3, 0.4) is 0 Å². The van der Waals surface area contributed by atoms with Crippen LogP contribution < -0.4 is 9.47 Å². The molecule has 1 heterocycles. The fourth-order valence-electron chi connectivity index (χ4n) is 3.76. The van der Waals surface area contributed by atoms with E-state index in [1.54, 1.807) is 7.11 Å². The predicted molar refractivity (Wildman–Crippen MR) is 104 cm³/mol. The van der Waals surface area contributed by atoms with Crippen LogP contribution in [0.4, 0.5) is 0 Å². The third-order valence-electron chi connectivity index (χ3n) is 5.11. The molecule has 1 aliphatic rings. The molecule has 2 unspecified atom stereocenters. The van der Waals surface area contributed by atoms with Gasteiger partial charge in [0, 0.05) is 6.54 Å². The number of carboxylic acid groups (broad SMARTS) is 1. The third kappa shape index (κ3) is 4.61. The highest BCUT2D eigenvalue weighted by molar-refractivity contribution is 5.70. The Bertz CT molecular complexity index is 742. The van der Waals surface area contributed by atoms with E-state index >= 15 is 0 Å². The molecule has 0 bridgehead atoms. The predicted octanol–water partition coefficient (Wildman–Crippen LogP) is 3.98. The van der Waals surface area contributed by atoms with Gasteiger partial charge in [-0.2, -0.15) is 0 Å². The van der Waals surface area contributed by atoms with Crippen molar-refractivity contribution >= 4 is 5.97 Å². The van der Waals surface area contributed by atoms with Crippen LogP contribution in [0, 0.1) is 5.92 Å². The molecule has 5 nitrogen and oxygen atoms in total. The number of piperidine rings is 1. The van der Waals surface area contributed by atoms with Gasteiger partial charge in [0.15, 0.2) is 0 Å². The number of carbonyl (C=O) groups is 1. The molecule has 0 aliphatic carbocycles. The van der Waals surface area contributed by atoms with Gasteiger partial charge in [-0.15, -0.1) is 0 Å². The van der Waals surface area contributed by atoms with Gasteiger partial charge in [-0.3, -0.25) is 9.69 Å². The Kier molecular flexibility index (Phi) is 6.35. The first-order chi connectivity index (χ1) is 13.1. The quantitative estimate of drug-likeness (QED) is 0.800. The van der Waals surface area contributed by atoms with Crippen molar-refractivity contribution in [1.29, 1.82) is 0 Å². The summed E-state index contributed by atoms with van der Waals surface area (Å²) in [6, 6.07) is 16.1. The van der Waals surface area contributed by atoms with Gasteiger partial charge in [0.05, 0.1) is 25.7 Å². The number of methoxy groups -OCH3 is 1. The summed E-state index contributed by atoms with van der Waals surface area (Å²) in [6.45, 7) is 4.04. The van der Waals surface area contributed by atoms with E-state index in [0.29, 0.717) is 13.2 Å². The second-order valence-electron chi connectivity index (χ2n) is 6.85. The summed E-state index contributed by atoms with van der Waals surface area (Å²) in [4.78, 5) is 13.8. The highest BCUT2D eigenvalue weighted by atomic mass is 16.5. The smallest absolute Gasteiger partial charge is 0.307 e. The molecule has 2 aromatic carbocycles. The summed E-state index contributed by atoms with van der Waals surface area (Å²) in [6.07, 6.45) is 1.63. The highest BCUT2D eigenvalue weighted by Gasteiger charge is 2.31. The van der Waals surface area contributed by atoms with Gasteiger partial charge >= 0.3 is 5.97 Å². The number of rotatable bonds is 7. The zero-order valence-electron chi connectivity index (χ0n) is 15.9. The fourth-order valence-corrected chi connectivity index (χ4v) is 3.76. The molecule has 5 heteroatoms. The number of nitrogens with zero attached hydrogens (tertiary/aromatic N) is 1. The molecule has 0 spiro atoms. The summed E-state index contributed by atoms with van der Waals surface area (Å²) >= 11 is 0. The first-order valence-corrected chi connectivity index (χ1v) is 9.46. The summed E-state index contributed by atoms with van der Waals surface area (Å²) in [7, 11) is 1.65. The Hall–Kier alpha value is -2.53. The molecule has 1 saturated heterocycles. The first-order valence-electron chi connectivity index (χ1n) is 9.46. The lowest BCUT2D eigenvalue weighted by Gasteiger charge is -2.37. The van der Waals surface area contributed by atoms with Gasteiger partial charge in [0.2, 0.25) is 0 Å². The number of hydrogen-bond donors (Lipinski definition) is 1. The van der Waals surface area contributed by atoms with Crippen LogP contribution >= 0.6 is 0 Å². The molecule has 27 heavy (non-hydrogen) atoms. The van der Waals surface area contributed by atoms with Crippen LogP contribution in [-0.2, 0) is 4.79 Å². The van der Waals surface area contributed by atoms with Crippen molar-refractivity contribution in [3.8, 4) is 11.5 Å². The van der Waals surface area contributed by atoms with E-state index in [-0.39, 0.29) is 12.0 Å². The van der Waals surface area contributed by atoms with E-state index in [1.807, 2.05) is 31.2 Å². The Balaban J connectivity index is 1.93. The topological polar surface area (TPSA) is 59.0 Å². The third-order valence-corrected chi connectivity index (χ3v) is 5.11.